The summed E-state index contributed by atoms with van der Waals surface area (Å²) in [7, 11) is 1.56. The van der Waals surface area contributed by atoms with Crippen molar-refractivity contribution in [3.63, 3.8) is 0 Å². The number of carbonyl (C=O) groups excluding carboxylic acids is 2. The molecule has 4 rings (SSSR count). The Morgan fingerprint density at radius 3 is 2.60 bits per heavy atom. The molecule has 154 valence electrons. The molecule has 0 aliphatic heterocycles. The van der Waals surface area contributed by atoms with Crippen molar-refractivity contribution in [1.82, 2.24) is 4.57 Å². The Kier molecular flexibility index (Phi) is 5.90. The van der Waals surface area contributed by atoms with Crippen molar-refractivity contribution in [3.05, 3.63) is 57.2 Å². The highest BCUT2D eigenvalue weighted by atomic mass is 35.5. The zero-order valence-electron chi connectivity index (χ0n) is 16.2. The van der Waals surface area contributed by atoms with Gasteiger partial charge in [0.2, 0.25) is 0 Å². The number of thiazole rings is 1. The van der Waals surface area contributed by atoms with E-state index in [1.165, 1.54) is 22.7 Å². The van der Waals surface area contributed by atoms with E-state index in [1.54, 1.807) is 24.7 Å². The molecule has 0 bridgehead atoms. The minimum absolute atomic E-state index is 0.0829. The number of halogens is 1. The van der Waals surface area contributed by atoms with Crippen molar-refractivity contribution in [2.24, 2.45) is 4.99 Å². The molecule has 0 saturated heterocycles. The summed E-state index contributed by atoms with van der Waals surface area (Å²) in [6.45, 7) is 1.93. The van der Waals surface area contributed by atoms with Crippen LogP contribution in [-0.2, 0) is 16.1 Å². The molecule has 30 heavy (non-hydrogen) atoms. The average Bonchev–Trinajstić information content (AvgIpc) is 3.26. The second-order valence-electron chi connectivity index (χ2n) is 6.24. The number of hydrogen-bond donors (Lipinski definition) is 0. The highest BCUT2D eigenvalue weighted by Crippen LogP contribution is 2.35. The summed E-state index contributed by atoms with van der Waals surface area (Å²) in [6.07, 6.45) is 0. The van der Waals surface area contributed by atoms with Crippen LogP contribution in [0.2, 0.25) is 5.02 Å². The Morgan fingerprint density at radius 1 is 1.10 bits per heavy atom. The fraction of sp³-hybridized carbons (Fsp3) is 0.190. The number of hydrogen-bond acceptors (Lipinski definition) is 6. The van der Waals surface area contributed by atoms with Crippen molar-refractivity contribution in [2.45, 2.75) is 13.5 Å². The summed E-state index contributed by atoms with van der Waals surface area (Å²) in [5.41, 5.74) is 0.687. The third-order valence-corrected chi connectivity index (χ3v) is 7.11. The van der Waals surface area contributed by atoms with Gasteiger partial charge in [-0.1, -0.05) is 47.2 Å². The number of thiophene rings is 1. The predicted molar refractivity (Wildman–Crippen MR) is 120 cm³/mol. The van der Waals surface area contributed by atoms with E-state index in [0.717, 1.165) is 14.8 Å². The van der Waals surface area contributed by atoms with Crippen LogP contribution in [0.3, 0.4) is 0 Å². The van der Waals surface area contributed by atoms with Gasteiger partial charge < -0.3 is 14.0 Å². The molecule has 0 aliphatic rings. The van der Waals surface area contributed by atoms with Crippen molar-refractivity contribution in [2.75, 3.05) is 13.7 Å². The van der Waals surface area contributed by atoms with Crippen LogP contribution in [-0.4, -0.2) is 30.2 Å². The highest BCUT2D eigenvalue weighted by molar-refractivity contribution is 7.21. The van der Waals surface area contributed by atoms with Crippen LogP contribution in [0.5, 0.6) is 5.75 Å². The molecule has 9 heteroatoms. The van der Waals surface area contributed by atoms with Crippen LogP contribution in [0.4, 0.5) is 0 Å². The van der Waals surface area contributed by atoms with Gasteiger partial charge in [-0.15, -0.1) is 11.3 Å². The maximum atomic E-state index is 13.0. The first-order chi connectivity index (χ1) is 14.5. The lowest BCUT2D eigenvalue weighted by Gasteiger charge is -2.08. The molecule has 0 atom stereocenters. The molecule has 0 unspecified atom stereocenters. The predicted octanol–water partition coefficient (Wildman–Crippen LogP) is 4.88. The van der Waals surface area contributed by atoms with E-state index in [4.69, 9.17) is 21.1 Å². The molecule has 0 N–H and O–H groups in total. The molecule has 1 amide bonds. The number of benzene rings is 2. The number of aromatic nitrogens is 1. The minimum atomic E-state index is -0.454. The fourth-order valence-corrected chi connectivity index (χ4v) is 5.56. The molecule has 0 saturated carbocycles. The summed E-state index contributed by atoms with van der Waals surface area (Å²) >= 11 is 9.04. The van der Waals surface area contributed by atoms with Gasteiger partial charge in [0.05, 0.1) is 23.4 Å². The number of amides is 1. The van der Waals surface area contributed by atoms with Gasteiger partial charge in [-0.25, -0.2) is 0 Å². The summed E-state index contributed by atoms with van der Waals surface area (Å²) < 4.78 is 14.0. The van der Waals surface area contributed by atoms with Gasteiger partial charge in [0.15, 0.2) is 4.80 Å². The zero-order chi connectivity index (χ0) is 21.3. The quantitative estimate of drug-likeness (QED) is 0.398. The third-order valence-electron chi connectivity index (χ3n) is 4.40. The standard InChI is InChI=1S/C21H17ClN2O4S2/c1-3-28-16(25)11-24-18-13(27-2)8-6-10-15(18)30-21(24)23-20(26)19-17(22)12-7-4-5-9-14(12)29-19/h4-10H,3,11H2,1-2H3. The Balaban J connectivity index is 1.88. The Hall–Kier alpha value is -2.68. The first kappa shape index (κ1) is 20.6. The van der Waals surface area contributed by atoms with Crippen LogP contribution < -0.4 is 9.54 Å². The van der Waals surface area contributed by atoms with E-state index >= 15 is 0 Å². The van der Waals surface area contributed by atoms with Crippen molar-refractivity contribution < 1.29 is 19.1 Å². The lowest BCUT2D eigenvalue weighted by molar-refractivity contribution is -0.143. The molecule has 0 aliphatic carbocycles. The number of para-hydroxylation sites is 1. The molecule has 2 aromatic heterocycles. The molecule has 6 nitrogen and oxygen atoms in total. The lowest BCUT2D eigenvalue weighted by atomic mass is 10.2. The second kappa shape index (κ2) is 8.59. The number of fused-ring (bicyclic) bond motifs is 2. The molecule has 2 heterocycles. The summed E-state index contributed by atoms with van der Waals surface area (Å²) in [5.74, 6) is -0.289. The molecular formula is C21H17ClN2O4S2. The monoisotopic (exact) mass is 460 g/mol. The van der Waals surface area contributed by atoms with Crippen molar-refractivity contribution in [3.8, 4) is 5.75 Å². The fourth-order valence-electron chi connectivity index (χ4n) is 3.12. The number of rotatable bonds is 5. The van der Waals surface area contributed by atoms with Crippen LogP contribution in [0.25, 0.3) is 20.3 Å². The smallest absolute Gasteiger partial charge is 0.326 e. The Labute approximate surface area is 185 Å². The SMILES string of the molecule is CCOC(=O)Cn1c(=NC(=O)c2sc3ccccc3c2Cl)sc2cccc(OC)c21. The molecule has 4 aromatic rings. The van der Waals surface area contributed by atoms with Gasteiger partial charge in [0, 0.05) is 10.1 Å². The zero-order valence-corrected chi connectivity index (χ0v) is 18.6. The van der Waals surface area contributed by atoms with E-state index in [2.05, 4.69) is 4.99 Å². The van der Waals surface area contributed by atoms with E-state index in [1.807, 2.05) is 36.4 Å². The van der Waals surface area contributed by atoms with Crippen LogP contribution in [0, 0.1) is 0 Å². The largest absolute Gasteiger partial charge is 0.495 e. The molecule has 0 spiro atoms. The topological polar surface area (TPSA) is 69.9 Å². The van der Waals surface area contributed by atoms with Crippen LogP contribution in [0.15, 0.2) is 47.5 Å². The van der Waals surface area contributed by atoms with E-state index in [-0.39, 0.29) is 13.2 Å². The van der Waals surface area contributed by atoms with Crippen LogP contribution in [0.1, 0.15) is 16.6 Å². The molecule has 0 fully saturated rings. The van der Waals surface area contributed by atoms with Gasteiger partial charge in [0.1, 0.15) is 22.7 Å². The van der Waals surface area contributed by atoms with E-state index in [0.29, 0.717) is 26.0 Å². The minimum Gasteiger partial charge on any atom is -0.495 e. The number of nitrogens with zero attached hydrogens (tertiary/aromatic N) is 2. The van der Waals surface area contributed by atoms with Crippen LogP contribution >= 0.6 is 34.3 Å². The number of carbonyl (C=O) groups is 2. The maximum Gasteiger partial charge on any atom is 0.326 e. The van der Waals surface area contributed by atoms with Crippen molar-refractivity contribution in [1.29, 1.82) is 0 Å². The second-order valence-corrected chi connectivity index (χ2v) is 8.68. The van der Waals surface area contributed by atoms with Crippen molar-refractivity contribution >= 4 is 66.5 Å². The van der Waals surface area contributed by atoms with Gasteiger partial charge in [0.25, 0.3) is 5.91 Å². The van der Waals surface area contributed by atoms with Gasteiger partial charge in [-0.3, -0.25) is 9.59 Å². The molecule has 2 aromatic carbocycles. The lowest BCUT2D eigenvalue weighted by Crippen LogP contribution is -2.23. The summed E-state index contributed by atoms with van der Waals surface area (Å²) in [6, 6.07) is 13.1. The summed E-state index contributed by atoms with van der Waals surface area (Å²) in [4.78, 5) is 30.3. The maximum absolute atomic E-state index is 13.0. The van der Waals surface area contributed by atoms with Gasteiger partial charge in [-0.05, 0) is 25.1 Å². The number of methoxy groups -OCH3 is 1. The average molecular weight is 461 g/mol. The number of ether oxygens (including phenoxy) is 2. The third kappa shape index (κ3) is 3.74. The Bertz CT molecular complexity index is 1340. The number of esters is 1. The first-order valence-corrected chi connectivity index (χ1v) is 11.1. The highest BCUT2D eigenvalue weighted by Gasteiger charge is 2.19. The van der Waals surface area contributed by atoms with E-state index in [9.17, 15) is 9.59 Å². The van der Waals surface area contributed by atoms with Gasteiger partial charge in [-0.2, -0.15) is 4.99 Å². The Morgan fingerprint density at radius 2 is 1.87 bits per heavy atom. The normalized spacial score (nSPS) is 11.9. The molecule has 0 radical (unpaired) electrons. The summed E-state index contributed by atoms with van der Waals surface area (Å²) in [5, 5.41) is 1.21. The van der Waals surface area contributed by atoms with Gasteiger partial charge >= 0.3 is 5.97 Å². The van der Waals surface area contributed by atoms with E-state index < -0.39 is 11.9 Å². The molecular weight excluding hydrogens is 444 g/mol. The first-order valence-electron chi connectivity index (χ1n) is 9.11.